The van der Waals surface area contributed by atoms with Crippen LogP contribution in [0.1, 0.15) is 5.56 Å². The number of alkyl halides is 3. The Hall–Kier alpha value is -0.380. The molecule has 0 saturated heterocycles. The number of halogens is 5. The molecule has 0 fully saturated rings. The van der Waals surface area contributed by atoms with Gasteiger partial charge in [0.2, 0.25) is 0 Å². The van der Waals surface area contributed by atoms with Gasteiger partial charge in [-0.2, -0.15) is 13.2 Å². The molecule has 15 heavy (non-hydrogen) atoms. The molecule has 0 unspecified atom stereocenters. The minimum atomic E-state index is -4.52. The number of hydrogen-bond donors (Lipinski definition) is 0. The number of benzene rings is 1. The molecule has 0 heterocycles. The van der Waals surface area contributed by atoms with E-state index in [-0.39, 0.29) is 13.7 Å². The van der Waals surface area contributed by atoms with Gasteiger partial charge in [-0.1, -0.05) is 0 Å². The Morgan fingerprint density at radius 1 is 1.40 bits per heavy atom. The maximum atomic E-state index is 12.4. The quantitative estimate of drug-likeness (QED) is 0.410. The predicted molar refractivity (Wildman–Crippen MR) is 58.5 cm³/mol. The minimum Gasteiger partial charge on any atom is -0.258 e. The van der Waals surface area contributed by atoms with E-state index in [1.54, 1.807) is 0 Å². The van der Waals surface area contributed by atoms with Crippen LogP contribution in [-0.4, -0.2) is 4.92 Å². The topological polar surface area (TPSA) is 43.1 Å². The first kappa shape index (κ1) is 12.7. The van der Waals surface area contributed by atoms with Gasteiger partial charge in [0.25, 0.3) is 5.69 Å². The van der Waals surface area contributed by atoms with E-state index in [9.17, 15) is 23.3 Å². The summed E-state index contributed by atoms with van der Waals surface area (Å²) in [4.78, 5) is 9.70. The van der Waals surface area contributed by atoms with Crippen molar-refractivity contribution in [3.63, 3.8) is 0 Å². The van der Waals surface area contributed by atoms with Crippen LogP contribution < -0.4 is 0 Å². The summed E-state index contributed by atoms with van der Waals surface area (Å²) in [5, 5.41) is 10.4. The Kier molecular flexibility index (Phi) is 3.59. The first-order chi connectivity index (χ1) is 6.73. The molecule has 0 aromatic heterocycles. The maximum absolute atomic E-state index is 12.4. The van der Waals surface area contributed by atoms with E-state index in [1.807, 2.05) is 0 Å². The van der Waals surface area contributed by atoms with Gasteiger partial charge in [-0.3, -0.25) is 10.1 Å². The van der Waals surface area contributed by atoms with Gasteiger partial charge < -0.3 is 0 Å². The van der Waals surface area contributed by atoms with Gasteiger partial charge in [0, 0.05) is 10.5 Å². The summed E-state index contributed by atoms with van der Waals surface area (Å²) < 4.78 is 36.7. The highest BCUT2D eigenvalue weighted by Crippen LogP contribution is 2.38. The summed E-state index contributed by atoms with van der Waals surface area (Å²) in [5.74, 6) is 0. The van der Waals surface area contributed by atoms with E-state index in [2.05, 4.69) is 15.9 Å². The molecule has 3 nitrogen and oxygen atoms in total. The fourth-order valence-electron chi connectivity index (χ4n) is 0.893. The smallest absolute Gasteiger partial charge is 0.258 e. The lowest BCUT2D eigenvalue weighted by atomic mass is 10.2. The molecular weight excluding hydrogens is 394 g/mol. The number of nitro groups is 1. The van der Waals surface area contributed by atoms with Gasteiger partial charge in [-0.15, -0.1) is 0 Å². The summed E-state index contributed by atoms with van der Waals surface area (Å²) in [6.45, 7) is 0. The van der Waals surface area contributed by atoms with Crippen LogP contribution in [0.25, 0.3) is 0 Å². The van der Waals surface area contributed by atoms with Crippen LogP contribution >= 0.6 is 38.5 Å². The van der Waals surface area contributed by atoms with Crippen LogP contribution in [0, 0.1) is 13.7 Å². The fraction of sp³-hybridized carbons (Fsp3) is 0.143. The average molecular weight is 396 g/mol. The van der Waals surface area contributed by atoms with E-state index in [4.69, 9.17) is 0 Å². The van der Waals surface area contributed by atoms with E-state index >= 15 is 0 Å². The summed E-state index contributed by atoms with van der Waals surface area (Å²) in [7, 11) is 0. The number of nitrogens with zero attached hydrogens (tertiary/aromatic N) is 1. The van der Waals surface area contributed by atoms with Crippen molar-refractivity contribution in [2.75, 3.05) is 0 Å². The Labute approximate surface area is 104 Å². The summed E-state index contributed by atoms with van der Waals surface area (Å²) >= 11 is 4.15. The van der Waals surface area contributed by atoms with Crippen molar-refractivity contribution in [3.8, 4) is 0 Å². The molecule has 0 spiro atoms. The molecule has 0 aliphatic rings. The predicted octanol–water partition coefficient (Wildman–Crippen LogP) is 3.98. The Morgan fingerprint density at radius 3 is 2.33 bits per heavy atom. The fourth-order valence-corrected chi connectivity index (χ4v) is 2.11. The highest BCUT2D eigenvalue weighted by molar-refractivity contribution is 14.1. The lowest BCUT2D eigenvalue weighted by Crippen LogP contribution is -2.07. The molecule has 1 aromatic rings. The third kappa shape index (κ3) is 2.80. The lowest BCUT2D eigenvalue weighted by molar-refractivity contribution is -0.385. The van der Waals surface area contributed by atoms with Gasteiger partial charge in [0.1, 0.15) is 0 Å². The molecule has 1 rings (SSSR count). The highest BCUT2D eigenvalue weighted by Gasteiger charge is 2.34. The molecule has 1 aromatic carbocycles. The molecule has 0 aliphatic heterocycles. The van der Waals surface area contributed by atoms with Crippen LogP contribution in [0.5, 0.6) is 0 Å². The molecule has 0 N–H and O–H groups in total. The van der Waals surface area contributed by atoms with Crippen molar-refractivity contribution >= 4 is 44.2 Å². The third-order valence-corrected chi connectivity index (χ3v) is 3.06. The molecule has 82 valence electrons. The van der Waals surface area contributed by atoms with Crippen molar-refractivity contribution in [1.82, 2.24) is 0 Å². The average Bonchev–Trinajstić information content (AvgIpc) is 2.06. The van der Waals surface area contributed by atoms with E-state index in [0.717, 1.165) is 12.1 Å². The SMILES string of the molecule is O=[N+]([O-])c1cc(Br)c(C(F)(F)F)cc1I. The molecule has 0 amide bonds. The molecule has 0 atom stereocenters. The van der Waals surface area contributed by atoms with Gasteiger partial charge >= 0.3 is 6.18 Å². The monoisotopic (exact) mass is 395 g/mol. The summed E-state index contributed by atoms with van der Waals surface area (Å²) in [6.07, 6.45) is -4.52. The normalized spacial score (nSPS) is 11.5. The first-order valence-electron chi connectivity index (χ1n) is 3.44. The second-order valence-corrected chi connectivity index (χ2v) is 4.55. The van der Waals surface area contributed by atoms with Gasteiger partial charge in [0.05, 0.1) is 14.1 Å². The van der Waals surface area contributed by atoms with Crippen molar-refractivity contribution in [3.05, 3.63) is 35.9 Å². The largest absolute Gasteiger partial charge is 0.417 e. The van der Waals surface area contributed by atoms with Crippen molar-refractivity contribution in [1.29, 1.82) is 0 Å². The first-order valence-corrected chi connectivity index (χ1v) is 5.31. The maximum Gasteiger partial charge on any atom is 0.417 e. The van der Waals surface area contributed by atoms with Crippen LogP contribution in [0.15, 0.2) is 16.6 Å². The van der Waals surface area contributed by atoms with Crippen LogP contribution in [0.3, 0.4) is 0 Å². The zero-order valence-electron chi connectivity index (χ0n) is 6.81. The Balaban J connectivity index is 3.39. The molecule has 0 radical (unpaired) electrons. The number of hydrogen-bond acceptors (Lipinski definition) is 2. The zero-order valence-corrected chi connectivity index (χ0v) is 10.6. The van der Waals surface area contributed by atoms with Crippen molar-refractivity contribution < 1.29 is 18.1 Å². The molecule has 0 bridgehead atoms. The number of rotatable bonds is 1. The highest BCUT2D eigenvalue weighted by atomic mass is 127. The second-order valence-electron chi connectivity index (χ2n) is 2.54. The molecule has 0 saturated carbocycles. The van der Waals surface area contributed by atoms with Gasteiger partial charge in [-0.05, 0) is 44.6 Å². The van der Waals surface area contributed by atoms with E-state index < -0.39 is 16.7 Å². The van der Waals surface area contributed by atoms with Crippen LogP contribution in [0.4, 0.5) is 18.9 Å². The number of nitro benzene ring substituents is 1. The van der Waals surface area contributed by atoms with Gasteiger partial charge in [-0.25, -0.2) is 0 Å². The van der Waals surface area contributed by atoms with Crippen LogP contribution in [0.2, 0.25) is 0 Å². The Bertz CT molecular complexity index is 421. The second kappa shape index (κ2) is 4.24. The van der Waals surface area contributed by atoms with Crippen molar-refractivity contribution in [2.45, 2.75) is 6.18 Å². The standard InChI is InChI=1S/C7H2BrF3INO2/c8-4-2-6(13(14)15)5(12)1-3(4)7(9,10)11/h1-2H. The third-order valence-electron chi connectivity index (χ3n) is 1.54. The lowest BCUT2D eigenvalue weighted by Gasteiger charge is -2.09. The van der Waals surface area contributed by atoms with Gasteiger partial charge in [0.15, 0.2) is 0 Å². The van der Waals surface area contributed by atoms with E-state index in [0.29, 0.717) is 0 Å². The van der Waals surface area contributed by atoms with E-state index in [1.165, 1.54) is 22.6 Å². The molecular formula is C7H2BrF3INO2. The molecule has 8 heteroatoms. The zero-order chi connectivity index (χ0) is 11.8. The van der Waals surface area contributed by atoms with Crippen molar-refractivity contribution in [2.24, 2.45) is 0 Å². The van der Waals surface area contributed by atoms with Crippen LogP contribution in [-0.2, 0) is 6.18 Å². The molecule has 0 aliphatic carbocycles. The Morgan fingerprint density at radius 2 is 1.93 bits per heavy atom. The minimum absolute atomic E-state index is 0.0480. The summed E-state index contributed by atoms with van der Waals surface area (Å²) in [6, 6.07) is 1.59. The summed E-state index contributed by atoms with van der Waals surface area (Å²) in [5.41, 5.74) is -1.27.